The van der Waals surface area contributed by atoms with Crippen molar-refractivity contribution in [2.75, 3.05) is 19.6 Å². The quantitative estimate of drug-likeness (QED) is 0.0183. The SMILES string of the molecule is CC[C@H](C)[C@H](NC(=O)[C@H](CC(=O)O)NC(=O)[C@H](Cc1ccccc1)NC(=O)[C@H](C)NC(=O)[C@@H](N)CCCCN)C(=O)N[C@H](C(=O)N[C@@H](Cc1ccc(O)cc1)C(=O)N[C@H](C(=O)N[C@@H](CCCN=C(N)N)C(=O)N[C@@H](CC(C)C)C(=O)N[C@@H](CCCCN)C(=O)O)C(C)C)[C@@H](C)O. The van der Waals surface area contributed by atoms with Crippen molar-refractivity contribution in [2.45, 2.75) is 211 Å². The maximum atomic E-state index is 14.6. The molecule has 10 amide bonds. The third kappa shape index (κ3) is 30.6. The van der Waals surface area contributed by atoms with E-state index >= 15 is 0 Å². The third-order valence-electron chi connectivity index (χ3n) is 15.6. The molecule has 0 aliphatic rings. The maximum Gasteiger partial charge on any atom is 0.326 e. The Balaban J connectivity index is 2.52. The Morgan fingerprint density at radius 3 is 1.46 bits per heavy atom. The first-order valence-electron chi connectivity index (χ1n) is 32.4. The zero-order valence-electron chi connectivity index (χ0n) is 56.2. The molecule has 0 heterocycles. The number of unbranched alkanes of at least 4 members (excludes halogenated alkanes) is 2. The van der Waals surface area contributed by atoms with Gasteiger partial charge in [-0.05, 0) is 119 Å². The molecule has 32 heteroatoms. The molecule has 0 unspecified atom stereocenters. The number of nitrogens with one attached hydrogen (secondary N) is 10. The number of carboxylic acid groups (broad SMARTS) is 2. The minimum absolute atomic E-state index is 0.0104. The molecule has 0 fully saturated rings. The summed E-state index contributed by atoms with van der Waals surface area (Å²) < 4.78 is 0. The van der Waals surface area contributed by atoms with Gasteiger partial charge >= 0.3 is 11.9 Å². The van der Waals surface area contributed by atoms with Crippen LogP contribution < -0.4 is 81.8 Å². The van der Waals surface area contributed by atoms with Gasteiger partial charge in [0.05, 0.1) is 18.6 Å². The summed E-state index contributed by atoms with van der Waals surface area (Å²) >= 11 is 0. The molecule has 0 spiro atoms. The first-order chi connectivity index (χ1) is 45.2. The summed E-state index contributed by atoms with van der Waals surface area (Å²) in [6, 6.07) is -2.20. The fraction of sp³-hybridized carbons (Fsp3) is 0.609. The highest BCUT2D eigenvalue weighted by Crippen LogP contribution is 2.16. The van der Waals surface area contributed by atoms with Crippen LogP contribution in [0.5, 0.6) is 5.75 Å². The van der Waals surface area contributed by atoms with E-state index in [1.54, 1.807) is 71.9 Å². The van der Waals surface area contributed by atoms with Gasteiger partial charge in [0, 0.05) is 19.4 Å². The number of hydrogen-bond acceptors (Lipinski definition) is 18. The van der Waals surface area contributed by atoms with Crippen LogP contribution in [0.15, 0.2) is 59.6 Å². The summed E-state index contributed by atoms with van der Waals surface area (Å²) in [7, 11) is 0. The van der Waals surface area contributed by atoms with Gasteiger partial charge in [0.25, 0.3) is 0 Å². The Bertz CT molecular complexity index is 2900. The molecule has 32 nitrogen and oxygen atoms in total. The molecule has 0 bridgehead atoms. The van der Waals surface area contributed by atoms with Crippen LogP contribution in [-0.4, -0.2) is 190 Å². The smallest absolute Gasteiger partial charge is 0.326 e. The number of aliphatic hydroxyl groups excluding tert-OH is 1. The molecule has 2 aromatic carbocycles. The Morgan fingerprint density at radius 2 is 0.927 bits per heavy atom. The highest BCUT2D eigenvalue weighted by atomic mass is 16.4. The maximum absolute atomic E-state index is 14.6. The standard InChI is InChI=1S/C64H104N16O16/c1-9-36(6)51(79-59(91)48(33-49(83)84)76-57(89)46(31-39-18-11-10-12-19-39)74-53(85)37(7)71-54(86)42(67)20-13-15-27-65)61(93)80-52(38(8)81)62(94)77-47(32-40-23-25-41(82)26-24-40)58(90)78-50(35(4)5)60(92)72-43(22-17-29-70-64(68)69)55(87)75-45(30-34(2)3)56(88)73-44(63(95)96)21-14-16-28-66/h10-12,18-19,23-26,34-38,42-48,50-52,81-82H,9,13-17,20-22,27-33,65-67H2,1-8H3,(H,71,86)(H,72,92)(H,73,88)(H,74,85)(H,75,87)(H,76,89)(H,77,94)(H,78,90)(H,79,91)(H,80,93)(H,83,84)(H,95,96)(H4,68,69,70)/t36-,37-,38+,42-,43-,44-,45-,46-,47-,48-,50-,51-,52-/m0/s1. The van der Waals surface area contributed by atoms with Crippen molar-refractivity contribution in [1.82, 2.24) is 53.2 Å². The number of phenolic OH excluding ortho intramolecular Hbond substituents is 1. The summed E-state index contributed by atoms with van der Waals surface area (Å²) in [5.74, 6) is -14.3. The van der Waals surface area contributed by atoms with E-state index in [-0.39, 0.29) is 69.1 Å². The van der Waals surface area contributed by atoms with Gasteiger partial charge in [-0.25, -0.2) is 4.79 Å². The Morgan fingerprint density at radius 1 is 0.479 bits per heavy atom. The van der Waals surface area contributed by atoms with E-state index in [0.29, 0.717) is 56.3 Å². The van der Waals surface area contributed by atoms with Gasteiger partial charge in [-0.2, -0.15) is 0 Å². The Labute approximate surface area is 560 Å². The van der Waals surface area contributed by atoms with Gasteiger partial charge < -0.3 is 102 Å². The summed E-state index contributed by atoms with van der Waals surface area (Å²) in [5, 5.41) is 66.4. The number of aliphatic imine (C=N–C) groups is 1. The van der Waals surface area contributed by atoms with Crippen LogP contribution in [0.1, 0.15) is 137 Å². The molecule has 13 atom stereocenters. The number of aromatic hydroxyl groups is 1. The van der Waals surface area contributed by atoms with Crippen LogP contribution in [0.2, 0.25) is 0 Å². The second kappa shape index (κ2) is 43.1. The molecule has 0 aromatic heterocycles. The molecular formula is C64H104N16O16. The topological polar surface area (TPSA) is 549 Å². The van der Waals surface area contributed by atoms with Crippen molar-refractivity contribution >= 4 is 77.0 Å². The molecule has 536 valence electrons. The van der Waals surface area contributed by atoms with Crippen LogP contribution in [0.25, 0.3) is 0 Å². The first-order valence-corrected chi connectivity index (χ1v) is 32.4. The van der Waals surface area contributed by atoms with E-state index in [4.69, 9.17) is 28.7 Å². The second-order valence-electron chi connectivity index (χ2n) is 24.7. The minimum atomic E-state index is -1.89. The van der Waals surface area contributed by atoms with E-state index in [1.807, 2.05) is 0 Å². The number of guanidine groups is 1. The zero-order chi connectivity index (χ0) is 72.4. The van der Waals surface area contributed by atoms with Gasteiger partial charge in [-0.15, -0.1) is 0 Å². The summed E-state index contributed by atoms with van der Waals surface area (Å²) in [5.41, 5.74) is 29.1. The lowest BCUT2D eigenvalue weighted by Gasteiger charge is -2.31. The predicted octanol–water partition coefficient (Wildman–Crippen LogP) is -2.63. The van der Waals surface area contributed by atoms with E-state index in [9.17, 15) is 78.0 Å². The number of aliphatic hydroxyl groups is 1. The van der Waals surface area contributed by atoms with Crippen molar-refractivity contribution in [3.05, 3.63) is 65.7 Å². The Kier molecular flexibility index (Phi) is 37.3. The minimum Gasteiger partial charge on any atom is -0.508 e. The van der Waals surface area contributed by atoms with Gasteiger partial charge in [-0.1, -0.05) is 96.8 Å². The molecule has 0 aliphatic carbocycles. The van der Waals surface area contributed by atoms with Crippen LogP contribution in [0.4, 0.5) is 0 Å². The normalized spacial score (nSPS) is 15.3. The van der Waals surface area contributed by atoms with Gasteiger partial charge in [0.2, 0.25) is 59.1 Å². The number of phenols is 1. The summed E-state index contributed by atoms with van der Waals surface area (Å²) in [4.78, 5) is 169. The lowest BCUT2D eigenvalue weighted by Crippen LogP contribution is -2.63. The molecule has 0 saturated carbocycles. The number of rotatable bonds is 45. The molecule has 0 saturated heterocycles. The molecule has 96 heavy (non-hydrogen) atoms. The van der Waals surface area contributed by atoms with Crippen LogP contribution in [0.3, 0.4) is 0 Å². The van der Waals surface area contributed by atoms with E-state index in [1.165, 1.54) is 31.2 Å². The van der Waals surface area contributed by atoms with E-state index < -0.39 is 162 Å². The fourth-order valence-corrected chi connectivity index (χ4v) is 9.80. The monoisotopic (exact) mass is 1350 g/mol. The molecule has 24 N–H and O–H groups in total. The first kappa shape index (κ1) is 83.1. The number of carbonyl (C=O) groups is 12. The molecule has 0 radical (unpaired) electrons. The predicted molar refractivity (Wildman–Crippen MR) is 356 cm³/mol. The highest BCUT2D eigenvalue weighted by molar-refractivity contribution is 6.00. The number of aliphatic carboxylic acids is 2. The lowest BCUT2D eigenvalue weighted by atomic mass is 9.96. The summed E-state index contributed by atoms with van der Waals surface area (Å²) in [6.07, 6.45) is -0.553. The molecule has 2 aromatic rings. The second-order valence-corrected chi connectivity index (χ2v) is 24.7. The van der Waals surface area contributed by atoms with Crippen molar-refractivity contribution in [3.63, 3.8) is 0 Å². The number of amides is 10. The van der Waals surface area contributed by atoms with Crippen LogP contribution in [0, 0.1) is 17.8 Å². The number of nitrogens with two attached hydrogens (primary N) is 5. The number of benzene rings is 2. The lowest BCUT2D eigenvalue weighted by molar-refractivity contribution is -0.143. The Hall–Kier alpha value is -9.01. The average molecular weight is 1350 g/mol. The third-order valence-corrected chi connectivity index (χ3v) is 15.6. The zero-order valence-corrected chi connectivity index (χ0v) is 56.2. The van der Waals surface area contributed by atoms with Gasteiger partial charge in [-0.3, -0.25) is 57.7 Å². The van der Waals surface area contributed by atoms with E-state index in [0.717, 1.165) is 6.92 Å². The average Bonchev–Trinajstić information content (AvgIpc) is 0.894. The molecular weight excluding hydrogens is 1250 g/mol. The number of hydrogen-bond donors (Lipinski definition) is 19. The van der Waals surface area contributed by atoms with Gasteiger partial charge in [0.1, 0.15) is 66.2 Å². The van der Waals surface area contributed by atoms with Crippen molar-refractivity contribution in [1.29, 1.82) is 0 Å². The number of nitrogens with zero attached hydrogens (tertiary/aromatic N) is 1. The van der Waals surface area contributed by atoms with Crippen LogP contribution >= 0.6 is 0 Å². The van der Waals surface area contributed by atoms with Crippen molar-refractivity contribution < 1.29 is 78.0 Å². The van der Waals surface area contributed by atoms with E-state index in [2.05, 4.69) is 58.2 Å². The van der Waals surface area contributed by atoms with Crippen molar-refractivity contribution in [3.8, 4) is 5.75 Å². The van der Waals surface area contributed by atoms with Crippen molar-refractivity contribution in [2.24, 2.45) is 51.4 Å². The van der Waals surface area contributed by atoms with Crippen LogP contribution in [-0.2, 0) is 70.4 Å². The van der Waals surface area contributed by atoms with Gasteiger partial charge in [0.15, 0.2) is 5.96 Å². The highest BCUT2D eigenvalue weighted by Gasteiger charge is 2.39. The largest absolute Gasteiger partial charge is 0.508 e. The fourth-order valence-electron chi connectivity index (χ4n) is 9.80. The summed E-state index contributed by atoms with van der Waals surface area (Å²) in [6.45, 7) is 13.1. The number of carboxylic acids is 2. The number of carbonyl (C=O) groups excluding carboxylic acids is 10. The molecule has 0 aliphatic heterocycles. The molecule has 2 rings (SSSR count).